The maximum Gasteiger partial charge on any atom is 0.194 e. The SMILES string of the molecule is CN=C(NCc1ncc(C)s1)N(C)Cc1ccc(C)cc1. The van der Waals surface area contributed by atoms with E-state index in [1.54, 1.807) is 18.4 Å². The van der Waals surface area contributed by atoms with Crippen LogP contribution in [0.5, 0.6) is 0 Å². The average Bonchev–Trinajstić information content (AvgIpc) is 2.88. The number of guanidine groups is 1. The lowest BCUT2D eigenvalue weighted by Gasteiger charge is -2.21. The molecule has 5 heteroatoms. The first kappa shape index (κ1) is 15.5. The van der Waals surface area contributed by atoms with E-state index in [1.807, 2.05) is 13.2 Å². The van der Waals surface area contributed by atoms with Crippen LogP contribution >= 0.6 is 11.3 Å². The third-order valence-corrected chi connectivity index (χ3v) is 4.09. The van der Waals surface area contributed by atoms with Gasteiger partial charge < -0.3 is 10.2 Å². The highest BCUT2D eigenvalue weighted by molar-refractivity contribution is 7.11. The first-order chi connectivity index (χ1) is 10.1. The zero-order chi connectivity index (χ0) is 15.2. The summed E-state index contributed by atoms with van der Waals surface area (Å²) >= 11 is 1.71. The molecule has 1 N–H and O–H groups in total. The standard InChI is InChI=1S/C16H22N4S/c1-12-5-7-14(8-6-12)11-20(4)16(17-3)19-10-15-18-9-13(2)21-15/h5-9H,10-11H2,1-4H3,(H,17,19). The molecule has 0 saturated carbocycles. The number of benzene rings is 1. The Morgan fingerprint density at radius 3 is 2.57 bits per heavy atom. The van der Waals surface area contributed by atoms with Crippen LogP contribution in [0.15, 0.2) is 35.5 Å². The summed E-state index contributed by atoms with van der Waals surface area (Å²) in [6, 6.07) is 8.59. The number of nitrogens with one attached hydrogen (secondary N) is 1. The number of aliphatic imine (C=N–C) groups is 1. The molecule has 0 unspecified atom stereocenters. The van der Waals surface area contributed by atoms with Crippen LogP contribution in [0.1, 0.15) is 21.0 Å². The number of hydrogen-bond acceptors (Lipinski definition) is 3. The molecule has 2 rings (SSSR count). The molecule has 0 fully saturated rings. The summed E-state index contributed by atoms with van der Waals surface area (Å²) in [5.41, 5.74) is 2.55. The van der Waals surface area contributed by atoms with E-state index in [9.17, 15) is 0 Å². The van der Waals surface area contributed by atoms with E-state index in [0.29, 0.717) is 6.54 Å². The average molecular weight is 302 g/mol. The van der Waals surface area contributed by atoms with Crippen LogP contribution in [0.2, 0.25) is 0 Å². The van der Waals surface area contributed by atoms with Gasteiger partial charge in [0.1, 0.15) is 5.01 Å². The zero-order valence-corrected chi connectivity index (χ0v) is 13.9. The van der Waals surface area contributed by atoms with Gasteiger partial charge in [-0.15, -0.1) is 11.3 Å². The van der Waals surface area contributed by atoms with Crippen LogP contribution in [0.3, 0.4) is 0 Å². The molecule has 2 aromatic rings. The second-order valence-electron chi connectivity index (χ2n) is 5.11. The van der Waals surface area contributed by atoms with Gasteiger partial charge in [-0.25, -0.2) is 4.98 Å². The Morgan fingerprint density at radius 1 is 1.29 bits per heavy atom. The molecule has 0 atom stereocenters. The van der Waals surface area contributed by atoms with Crippen LogP contribution in [-0.2, 0) is 13.1 Å². The van der Waals surface area contributed by atoms with Gasteiger partial charge in [-0.05, 0) is 19.4 Å². The highest BCUT2D eigenvalue weighted by Gasteiger charge is 2.07. The minimum atomic E-state index is 0.712. The molecule has 0 radical (unpaired) electrons. The Bertz CT molecular complexity index is 601. The van der Waals surface area contributed by atoms with Gasteiger partial charge in [0.2, 0.25) is 0 Å². The van der Waals surface area contributed by atoms with E-state index < -0.39 is 0 Å². The van der Waals surface area contributed by atoms with Gasteiger partial charge in [0.15, 0.2) is 5.96 Å². The van der Waals surface area contributed by atoms with Gasteiger partial charge in [-0.2, -0.15) is 0 Å². The quantitative estimate of drug-likeness (QED) is 0.697. The Labute approximate surface area is 130 Å². The van der Waals surface area contributed by atoms with Crippen LogP contribution in [-0.4, -0.2) is 29.9 Å². The van der Waals surface area contributed by atoms with E-state index >= 15 is 0 Å². The molecule has 0 aliphatic rings. The lowest BCUT2D eigenvalue weighted by Crippen LogP contribution is -2.38. The molecule has 1 aromatic carbocycles. The van der Waals surface area contributed by atoms with E-state index in [4.69, 9.17) is 0 Å². The van der Waals surface area contributed by atoms with Crippen LogP contribution in [0, 0.1) is 13.8 Å². The summed E-state index contributed by atoms with van der Waals surface area (Å²) in [5, 5.41) is 4.44. The summed E-state index contributed by atoms with van der Waals surface area (Å²) in [5.74, 6) is 0.878. The summed E-state index contributed by atoms with van der Waals surface area (Å²) in [7, 11) is 3.85. The summed E-state index contributed by atoms with van der Waals surface area (Å²) in [4.78, 5) is 12.0. The normalized spacial score (nSPS) is 11.5. The molecule has 0 saturated heterocycles. The molecule has 1 aromatic heterocycles. The van der Waals surface area contributed by atoms with Crippen LogP contribution < -0.4 is 5.32 Å². The second-order valence-corrected chi connectivity index (χ2v) is 6.43. The van der Waals surface area contributed by atoms with E-state index in [1.165, 1.54) is 16.0 Å². The maximum absolute atomic E-state index is 4.36. The summed E-state index contributed by atoms with van der Waals surface area (Å²) < 4.78 is 0. The van der Waals surface area contributed by atoms with Crippen molar-refractivity contribution in [3.63, 3.8) is 0 Å². The third kappa shape index (κ3) is 4.56. The van der Waals surface area contributed by atoms with Crippen molar-refractivity contribution in [2.45, 2.75) is 26.9 Å². The van der Waals surface area contributed by atoms with Gasteiger partial charge in [-0.3, -0.25) is 4.99 Å². The number of thiazole rings is 1. The minimum absolute atomic E-state index is 0.712. The number of aryl methyl sites for hydroxylation is 2. The van der Waals surface area contributed by atoms with Gasteiger partial charge in [0, 0.05) is 31.7 Å². The van der Waals surface area contributed by atoms with Crippen molar-refractivity contribution in [2.75, 3.05) is 14.1 Å². The summed E-state index contributed by atoms with van der Waals surface area (Å²) in [6.45, 7) is 5.71. The first-order valence-corrected chi connectivity index (χ1v) is 7.79. The fourth-order valence-electron chi connectivity index (χ4n) is 2.06. The van der Waals surface area contributed by atoms with E-state index in [-0.39, 0.29) is 0 Å². The summed E-state index contributed by atoms with van der Waals surface area (Å²) in [6.07, 6.45) is 1.90. The van der Waals surface area contributed by atoms with Crippen molar-refractivity contribution >= 4 is 17.3 Å². The van der Waals surface area contributed by atoms with Gasteiger partial charge in [0.25, 0.3) is 0 Å². The smallest absolute Gasteiger partial charge is 0.194 e. The molecule has 0 amide bonds. The lowest BCUT2D eigenvalue weighted by atomic mass is 10.1. The molecule has 0 aliphatic heterocycles. The number of hydrogen-bond donors (Lipinski definition) is 1. The second kappa shape index (κ2) is 7.22. The van der Waals surface area contributed by atoms with Gasteiger partial charge >= 0.3 is 0 Å². The maximum atomic E-state index is 4.36. The van der Waals surface area contributed by atoms with Crippen molar-refractivity contribution in [3.8, 4) is 0 Å². The zero-order valence-electron chi connectivity index (χ0n) is 13.1. The number of rotatable bonds is 4. The number of nitrogens with zero attached hydrogens (tertiary/aromatic N) is 3. The van der Waals surface area contributed by atoms with Crippen LogP contribution in [0.4, 0.5) is 0 Å². The molecule has 0 aliphatic carbocycles. The van der Waals surface area contributed by atoms with Crippen molar-refractivity contribution in [1.82, 2.24) is 15.2 Å². The van der Waals surface area contributed by atoms with Crippen LogP contribution in [0.25, 0.3) is 0 Å². The third-order valence-electron chi connectivity index (χ3n) is 3.18. The van der Waals surface area contributed by atoms with Crippen molar-refractivity contribution < 1.29 is 0 Å². The topological polar surface area (TPSA) is 40.5 Å². The predicted octanol–water partition coefficient (Wildman–Crippen LogP) is 2.97. The van der Waals surface area contributed by atoms with Crippen molar-refractivity contribution in [2.24, 2.45) is 4.99 Å². The Balaban J connectivity index is 1.92. The number of aromatic nitrogens is 1. The fourth-order valence-corrected chi connectivity index (χ4v) is 2.79. The minimum Gasteiger partial charge on any atom is -0.350 e. The molecular formula is C16H22N4S. The van der Waals surface area contributed by atoms with E-state index in [2.05, 4.69) is 58.3 Å². The Morgan fingerprint density at radius 2 is 2.00 bits per heavy atom. The molecule has 0 bridgehead atoms. The Hall–Kier alpha value is -1.88. The molecule has 0 spiro atoms. The fraction of sp³-hybridized carbons (Fsp3) is 0.375. The molecule has 112 valence electrons. The monoisotopic (exact) mass is 302 g/mol. The van der Waals surface area contributed by atoms with Gasteiger partial charge in [0.05, 0.1) is 6.54 Å². The Kier molecular flexibility index (Phi) is 5.33. The van der Waals surface area contributed by atoms with Crippen molar-refractivity contribution in [1.29, 1.82) is 0 Å². The lowest BCUT2D eigenvalue weighted by molar-refractivity contribution is 0.476. The molecule has 4 nitrogen and oxygen atoms in total. The highest BCUT2D eigenvalue weighted by atomic mass is 32.1. The first-order valence-electron chi connectivity index (χ1n) is 6.97. The molecule has 21 heavy (non-hydrogen) atoms. The van der Waals surface area contributed by atoms with Gasteiger partial charge in [-0.1, -0.05) is 29.8 Å². The van der Waals surface area contributed by atoms with E-state index in [0.717, 1.165) is 17.5 Å². The molecule has 1 heterocycles. The highest BCUT2D eigenvalue weighted by Crippen LogP contribution is 2.11. The predicted molar refractivity (Wildman–Crippen MR) is 89.7 cm³/mol. The molecular weight excluding hydrogens is 280 g/mol. The van der Waals surface area contributed by atoms with Crippen molar-refractivity contribution in [3.05, 3.63) is 51.5 Å². The largest absolute Gasteiger partial charge is 0.350 e.